The summed E-state index contributed by atoms with van der Waals surface area (Å²) in [5, 5.41) is 11.0. The van der Waals surface area contributed by atoms with Gasteiger partial charge in [0.2, 0.25) is 5.91 Å². The average molecular weight is 299 g/mol. The lowest BCUT2D eigenvalue weighted by molar-refractivity contribution is -0.126. The number of pyridine rings is 1. The molecule has 2 heterocycles. The lowest BCUT2D eigenvalue weighted by Gasteiger charge is -2.31. The minimum Gasteiger partial charge on any atom is -0.478 e. The van der Waals surface area contributed by atoms with Crippen LogP contribution >= 0.6 is 0 Å². The molecule has 0 aromatic carbocycles. The highest BCUT2D eigenvalue weighted by Gasteiger charge is 2.36. The quantitative estimate of drug-likeness (QED) is 0.761. The molecule has 1 aromatic heterocycles. The Morgan fingerprint density at radius 3 is 2.75 bits per heavy atom. The van der Waals surface area contributed by atoms with Gasteiger partial charge >= 0.3 is 5.97 Å². The van der Waals surface area contributed by atoms with Crippen LogP contribution in [0.2, 0.25) is 0 Å². The van der Waals surface area contributed by atoms with E-state index in [0.717, 1.165) is 22.6 Å². The number of hydrogen-bond donors (Lipinski definition) is 2. The molecule has 2 N–H and O–H groups in total. The Morgan fingerprint density at radius 1 is 1.50 bits per heavy atom. The van der Waals surface area contributed by atoms with Crippen LogP contribution in [-0.2, 0) is 14.8 Å². The first kappa shape index (κ1) is 14.4. The highest BCUT2D eigenvalue weighted by atomic mass is 32.2. The maximum Gasteiger partial charge on any atom is 0.337 e. The molecule has 20 heavy (non-hydrogen) atoms. The number of sulfonamides is 1. The molecule has 1 fully saturated rings. The fraction of sp³-hybridized carbons (Fsp3) is 0.364. The fourth-order valence-electron chi connectivity index (χ4n) is 1.87. The van der Waals surface area contributed by atoms with Crippen molar-refractivity contribution in [1.29, 1.82) is 0 Å². The number of aromatic nitrogens is 1. The summed E-state index contributed by atoms with van der Waals surface area (Å²) in [6.07, 6.45) is 0.976. The van der Waals surface area contributed by atoms with Gasteiger partial charge in [-0.15, -0.1) is 0 Å². The zero-order valence-corrected chi connectivity index (χ0v) is 11.4. The lowest BCUT2D eigenvalue weighted by atomic mass is 10.2. The van der Waals surface area contributed by atoms with Crippen molar-refractivity contribution in [2.45, 2.75) is 18.0 Å². The number of carbonyl (C=O) groups excluding carboxylic acids is 1. The van der Waals surface area contributed by atoms with Gasteiger partial charge in [-0.3, -0.25) is 4.79 Å². The smallest absolute Gasteiger partial charge is 0.337 e. The van der Waals surface area contributed by atoms with Crippen LogP contribution < -0.4 is 5.32 Å². The number of amides is 1. The molecule has 9 heteroatoms. The van der Waals surface area contributed by atoms with Gasteiger partial charge in [0.1, 0.15) is 6.04 Å². The van der Waals surface area contributed by atoms with E-state index in [0.29, 0.717) is 0 Å². The van der Waals surface area contributed by atoms with E-state index < -0.39 is 22.0 Å². The Bertz CT molecular complexity index is 641. The van der Waals surface area contributed by atoms with E-state index in [1.165, 1.54) is 6.92 Å². The monoisotopic (exact) mass is 299 g/mol. The average Bonchev–Trinajstić information content (AvgIpc) is 2.41. The summed E-state index contributed by atoms with van der Waals surface area (Å²) in [4.78, 5) is 25.9. The van der Waals surface area contributed by atoms with E-state index in [-0.39, 0.29) is 29.6 Å². The standard InChI is InChI=1S/C11H13N3O5S/c1-7-10(15)12-4-5-14(7)20(18,19)9-3-2-8(6-13-9)11(16)17/h2-3,6-7H,4-5H2,1H3,(H,12,15)(H,16,17). The van der Waals surface area contributed by atoms with Crippen LogP contribution in [0.4, 0.5) is 0 Å². The third kappa shape index (κ3) is 2.49. The Kier molecular flexibility index (Phi) is 3.73. The second-order valence-corrected chi connectivity index (χ2v) is 6.11. The third-order valence-corrected chi connectivity index (χ3v) is 4.89. The lowest BCUT2D eigenvalue weighted by Crippen LogP contribution is -2.55. The van der Waals surface area contributed by atoms with Gasteiger partial charge in [0.15, 0.2) is 5.03 Å². The van der Waals surface area contributed by atoms with E-state index in [1.807, 2.05) is 0 Å². The summed E-state index contributed by atoms with van der Waals surface area (Å²) in [6, 6.07) is 1.46. The van der Waals surface area contributed by atoms with Crippen molar-refractivity contribution in [2.24, 2.45) is 0 Å². The van der Waals surface area contributed by atoms with E-state index in [2.05, 4.69) is 10.3 Å². The Balaban J connectivity index is 2.34. The number of carboxylic acid groups (broad SMARTS) is 1. The SMILES string of the molecule is CC1C(=O)NCCN1S(=O)(=O)c1ccc(C(=O)O)cn1. The predicted molar refractivity (Wildman–Crippen MR) is 67.6 cm³/mol. The highest BCUT2D eigenvalue weighted by molar-refractivity contribution is 7.89. The summed E-state index contributed by atoms with van der Waals surface area (Å²) < 4.78 is 25.8. The predicted octanol–water partition coefficient (Wildman–Crippen LogP) is -0.711. The molecule has 108 valence electrons. The van der Waals surface area contributed by atoms with Crippen LogP contribution in [0.1, 0.15) is 17.3 Å². The van der Waals surface area contributed by atoms with Crippen molar-refractivity contribution >= 4 is 21.9 Å². The van der Waals surface area contributed by atoms with Crippen LogP contribution in [0, 0.1) is 0 Å². The molecule has 2 rings (SSSR count). The van der Waals surface area contributed by atoms with E-state index >= 15 is 0 Å². The van der Waals surface area contributed by atoms with Gasteiger partial charge in [-0.1, -0.05) is 0 Å². The van der Waals surface area contributed by atoms with Crippen LogP contribution in [0.25, 0.3) is 0 Å². The minimum atomic E-state index is -3.92. The molecule has 8 nitrogen and oxygen atoms in total. The second kappa shape index (κ2) is 5.17. The first-order chi connectivity index (χ1) is 9.34. The summed E-state index contributed by atoms with van der Waals surface area (Å²) >= 11 is 0. The number of carbonyl (C=O) groups is 2. The van der Waals surface area contributed by atoms with Crippen molar-refractivity contribution in [3.63, 3.8) is 0 Å². The van der Waals surface area contributed by atoms with E-state index in [4.69, 9.17) is 5.11 Å². The van der Waals surface area contributed by atoms with Crippen molar-refractivity contribution in [1.82, 2.24) is 14.6 Å². The van der Waals surface area contributed by atoms with Gasteiger partial charge in [-0.25, -0.2) is 18.2 Å². The van der Waals surface area contributed by atoms with Gasteiger partial charge in [0.05, 0.1) is 5.56 Å². The molecule has 0 aliphatic carbocycles. The van der Waals surface area contributed by atoms with E-state index in [9.17, 15) is 18.0 Å². The van der Waals surface area contributed by atoms with Crippen molar-refractivity contribution in [3.8, 4) is 0 Å². The number of rotatable bonds is 3. The Hall–Kier alpha value is -2.00. The second-order valence-electron chi connectivity index (χ2n) is 4.27. The number of piperazine rings is 1. The molecule has 1 aliphatic heterocycles. The van der Waals surface area contributed by atoms with Gasteiger partial charge in [0.25, 0.3) is 10.0 Å². The molecule has 1 aliphatic rings. The maximum absolute atomic E-state index is 12.4. The van der Waals surface area contributed by atoms with Gasteiger partial charge < -0.3 is 10.4 Å². The van der Waals surface area contributed by atoms with Gasteiger partial charge in [-0.05, 0) is 19.1 Å². The fourth-order valence-corrected chi connectivity index (χ4v) is 3.38. The van der Waals surface area contributed by atoms with Crippen LogP contribution in [0.5, 0.6) is 0 Å². The largest absolute Gasteiger partial charge is 0.478 e. The van der Waals surface area contributed by atoms with Crippen molar-refractivity contribution in [2.75, 3.05) is 13.1 Å². The zero-order chi connectivity index (χ0) is 14.9. The minimum absolute atomic E-state index is 0.103. The van der Waals surface area contributed by atoms with Crippen molar-refractivity contribution in [3.05, 3.63) is 23.9 Å². The van der Waals surface area contributed by atoms with Crippen LogP contribution in [0.15, 0.2) is 23.4 Å². The molecular formula is C11H13N3O5S. The number of nitrogens with zero attached hydrogens (tertiary/aromatic N) is 2. The summed E-state index contributed by atoms with van der Waals surface area (Å²) in [6.45, 7) is 1.87. The number of carboxylic acids is 1. The summed E-state index contributed by atoms with van der Waals surface area (Å²) in [5.41, 5.74) is -0.103. The third-order valence-electron chi connectivity index (χ3n) is 3.00. The molecule has 1 aromatic rings. The summed E-state index contributed by atoms with van der Waals surface area (Å²) in [5.74, 6) is -1.56. The van der Waals surface area contributed by atoms with E-state index in [1.54, 1.807) is 0 Å². The number of hydrogen-bond acceptors (Lipinski definition) is 5. The molecule has 1 amide bonds. The zero-order valence-electron chi connectivity index (χ0n) is 10.6. The van der Waals surface area contributed by atoms with Crippen molar-refractivity contribution < 1.29 is 23.1 Å². The number of nitrogens with one attached hydrogen (secondary N) is 1. The normalized spacial score (nSPS) is 20.4. The number of aromatic carboxylic acids is 1. The molecule has 0 bridgehead atoms. The summed E-state index contributed by atoms with van der Waals surface area (Å²) in [7, 11) is -3.92. The molecule has 0 saturated carbocycles. The van der Waals surface area contributed by atoms with Gasteiger partial charge in [0, 0.05) is 19.3 Å². The Morgan fingerprint density at radius 2 is 2.20 bits per heavy atom. The maximum atomic E-state index is 12.4. The molecule has 1 atom stereocenters. The highest BCUT2D eigenvalue weighted by Crippen LogP contribution is 2.18. The molecular weight excluding hydrogens is 286 g/mol. The van der Waals surface area contributed by atoms with Gasteiger partial charge in [-0.2, -0.15) is 4.31 Å². The molecule has 1 unspecified atom stereocenters. The molecule has 1 saturated heterocycles. The Labute approximate surface area is 115 Å². The molecule has 0 radical (unpaired) electrons. The van der Waals surface area contributed by atoms with Crippen LogP contribution in [-0.4, -0.2) is 53.8 Å². The first-order valence-corrected chi connectivity index (χ1v) is 7.27. The first-order valence-electron chi connectivity index (χ1n) is 5.83. The van der Waals surface area contributed by atoms with Crippen LogP contribution in [0.3, 0.4) is 0 Å². The topological polar surface area (TPSA) is 117 Å². The molecule has 0 spiro atoms.